The van der Waals surface area contributed by atoms with E-state index in [0.717, 1.165) is 0 Å². The van der Waals surface area contributed by atoms with Crippen molar-refractivity contribution < 1.29 is 4.20 Å². The molecule has 0 N–H and O–H groups in total. The van der Waals surface area contributed by atoms with Crippen molar-refractivity contribution >= 4 is 35.3 Å². The quantitative estimate of drug-likeness (QED) is 0.346. The Hall–Kier alpha value is 1.15. The van der Waals surface area contributed by atoms with Gasteiger partial charge in [-0.1, -0.05) is 0 Å². The molecule has 1 atom stereocenters. The number of halogens is 2. The monoisotopic (exact) mass is 204 g/mol. The van der Waals surface area contributed by atoms with Gasteiger partial charge in [0.05, 0.1) is 0 Å². The Morgan fingerprint density at radius 2 is 2.20 bits per heavy atom. The van der Waals surface area contributed by atoms with Gasteiger partial charge >= 0.3 is 0 Å². The molecule has 0 rings (SSSR count). The first-order chi connectivity index (χ1) is 2.27. The van der Waals surface area contributed by atoms with Crippen LogP contribution in [0.1, 0.15) is 0 Å². The fourth-order valence-electron chi connectivity index (χ4n) is 0. The molecule has 0 aliphatic heterocycles. The average molecular weight is 204 g/mol. The van der Waals surface area contributed by atoms with Gasteiger partial charge in [-0.15, -0.1) is 22.4 Å². The maximum absolute atomic E-state index is 11.5. The van der Waals surface area contributed by atoms with Gasteiger partial charge < -0.3 is 0 Å². The lowest BCUT2D eigenvalue weighted by Crippen LogP contribution is -1.59. The van der Waals surface area contributed by atoms with Crippen LogP contribution in [-0.2, 0) is 0 Å². The molecule has 0 amide bonds. The predicted octanol–water partition coefficient (Wildman–Crippen LogP) is 1.68. The summed E-state index contributed by atoms with van der Waals surface area (Å²) in [4.78, 5) is 0.674. The van der Waals surface area contributed by atoms with Crippen molar-refractivity contribution in [1.82, 2.24) is 0 Å². The van der Waals surface area contributed by atoms with Gasteiger partial charge in [-0.3, -0.25) is 0 Å². The SMILES string of the molecule is CP(F)BI. The van der Waals surface area contributed by atoms with Crippen LogP contribution in [0.2, 0.25) is 0 Å². The molecule has 0 aromatic carbocycles. The highest BCUT2D eigenvalue weighted by atomic mass is 127. The van der Waals surface area contributed by atoms with E-state index in [1.54, 1.807) is 6.66 Å². The van der Waals surface area contributed by atoms with E-state index in [2.05, 4.69) is 0 Å². The summed E-state index contributed by atoms with van der Waals surface area (Å²) in [6.45, 7) is 1.61. The Bertz CT molecular complexity index is 25.6. The fraction of sp³-hybridized carbons (Fsp3) is 1.00. The lowest BCUT2D eigenvalue weighted by Gasteiger charge is -1.82. The van der Waals surface area contributed by atoms with Crippen LogP contribution in [0.4, 0.5) is 4.20 Å². The number of rotatable bonds is 1. The summed E-state index contributed by atoms with van der Waals surface area (Å²) in [6.07, 6.45) is 0. The highest BCUT2D eigenvalue weighted by molar-refractivity contribution is 14.1. The highest BCUT2D eigenvalue weighted by Crippen LogP contribution is 2.30. The molecule has 4 heteroatoms. The second-order valence-electron chi connectivity index (χ2n) is 0.724. The second kappa shape index (κ2) is 3.35. The molecular formula is CH4BFIP. The third-order valence-electron chi connectivity index (χ3n) is 0.165. The first-order valence-electron chi connectivity index (χ1n) is 1.20. The largest absolute Gasteiger partial charge is 0.267 e. The molecule has 1 unspecified atom stereocenters. The maximum Gasteiger partial charge on any atom is 0.267 e. The summed E-state index contributed by atoms with van der Waals surface area (Å²) in [6, 6.07) is 0. The smallest absolute Gasteiger partial charge is 0.238 e. The van der Waals surface area contributed by atoms with Gasteiger partial charge in [-0.05, 0) is 6.66 Å². The molecule has 30 valence electrons. The third kappa shape index (κ3) is 5.15. The molecule has 0 saturated carbocycles. The minimum atomic E-state index is -1.11. The van der Waals surface area contributed by atoms with Crippen molar-refractivity contribution in [3.05, 3.63) is 0 Å². The molecule has 0 aliphatic rings. The van der Waals surface area contributed by atoms with Crippen LogP contribution in [-0.4, -0.2) is 11.5 Å². The zero-order valence-corrected chi connectivity index (χ0v) is 5.96. The van der Waals surface area contributed by atoms with Crippen LogP contribution in [0.3, 0.4) is 0 Å². The van der Waals surface area contributed by atoms with E-state index in [1.165, 1.54) is 0 Å². The summed E-state index contributed by atoms with van der Waals surface area (Å²) in [7, 11) is -1.11. The van der Waals surface area contributed by atoms with Gasteiger partial charge in [0, 0.05) is 8.11 Å². The number of hydrogen-bond acceptors (Lipinski definition) is 0. The van der Waals surface area contributed by atoms with Crippen LogP contribution in [0.15, 0.2) is 0 Å². The molecule has 0 aromatic heterocycles. The zero-order valence-electron chi connectivity index (χ0n) is 2.91. The minimum absolute atomic E-state index is 0.674. The fourth-order valence-corrected chi connectivity index (χ4v) is 0. The summed E-state index contributed by atoms with van der Waals surface area (Å²) in [5.74, 6) is 0. The normalized spacial score (nSPS) is 14.2. The van der Waals surface area contributed by atoms with E-state index in [1.807, 2.05) is 22.4 Å². The van der Waals surface area contributed by atoms with Crippen LogP contribution < -0.4 is 0 Å². The van der Waals surface area contributed by atoms with E-state index in [9.17, 15) is 4.20 Å². The van der Waals surface area contributed by atoms with Crippen molar-refractivity contribution in [1.29, 1.82) is 0 Å². The van der Waals surface area contributed by atoms with E-state index in [-0.39, 0.29) is 0 Å². The first kappa shape index (κ1) is 6.15. The topological polar surface area (TPSA) is 0 Å². The van der Waals surface area contributed by atoms with E-state index >= 15 is 0 Å². The summed E-state index contributed by atoms with van der Waals surface area (Å²) >= 11 is 2.03. The standard InChI is InChI=1S/CH4BFIP/c1-5(3)2-4/h2H,1H3. The average Bonchev–Trinajstić information content (AvgIpc) is 1.38. The molecule has 0 aliphatic carbocycles. The van der Waals surface area contributed by atoms with Crippen LogP contribution in [0, 0.1) is 0 Å². The van der Waals surface area contributed by atoms with Crippen LogP contribution in [0.25, 0.3) is 0 Å². The third-order valence-corrected chi connectivity index (χ3v) is 3.31. The maximum atomic E-state index is 11.5. The molecule has 0 aromatic rings. The highest BCUT2D eigenvalue weighted by Gasteiger charge is 1.91. The molecule has 0 radical (unpaired) electrons. The van der Waals surface area contributed by atoms with Gasteiger partial charge in [0.15, 0.2) is 0 Å². The second-order valence-corrected chi connectivity index (χ2v) is 4.22. The summed E-state index contributed by atoms with van der Waals surface area (Å²) in [5, 5.41) is 0. The van der Waals surface area contributed by atoms with Crippen molar-refractivity contribution in [3.8, 4) is 0 Å². The molecule has 0 fully saturated rings. The molecule has 0 nitrogen and oxygen atoms in total. The minimum Gasteiger partial charge on any atom is -0.238 e. The molecular weight excluding hydrogens is 200 g/mol. The Labute approximate surface area is 46.5 Å². The Morgan fingerprint density at radius 1 is 2.00 bits per heavy atom. The van der Waals surface area contributed by atoms with Crippen LogP contribution >= 0.6 is 30.5 Å². The van der Waals surface area contributed by atoms with Crippen molar-refractivity contribution in [2.75, 3.05) is 6.66 Å². The van der Waals surface area contributed by atoms with Gasteiger partial charge in [0.2, 0.25) is 0 Å². The van der Waals surface area contributed by atoms with E-state index in [0.29, 0.717) is 4.86 Å². The van der Waals surface area contributed by atoms with Gasteiger partial charge in [-0.2, -0.15) is 0 Å². The Balaban J connectivity index is 2.54. The molecule has 0 bridgehead atoms. The van der Waals surface area contributed by atoms with Gasteiger partial charge in [0.25, 0.3) is 4.86 Å². The van der Waals surface area contributed by atoms with Gasteiger partial charge in [-0.25, -0.2) is 4.20 Å². The molecule has 0 heterocycles. The Kier molecular flexibility index (Phi) is 4.12. The molecule has 0 spiro atoms. The first-order valence-corrected chi connectivity index (χ1v) is 4.59. The summed E-state index contributed by atoms with van der Waals surface area (Å²) in [5.41, 5.74) is 0. The Morgan fingerprint density at radius 3 is 2.20 bits per heavy atom. The van der Waals surface area contributed by atoms with Crippen molar-refractivity contribution in [3.63, 3.8) is 0 Å². The predicted molar refractivity (Wildman–Crippen MR) is 35.1 cm³/mol. The van der Waals surface area contributed by atoms with Crippen LogP contribution in [0.5, 0.6) is 0 Å². The van der Waals surface area contributed by atoms with E-state index < -0.39 is 8.11 Å². The lowest BCUT2D eigenvalue weighted by atomic mass is 10.8. The van der Waals surface area contributed by atoms with Crippen molar-refractivity contribution in [2.45, 2.75) is 0 Å². The molecule has 0 saturated heterocycles. The summed E-state index contributed by atoms with van der Waals surface area (Å²) < 4.78 is 11.5. The lowest BCUT2D eigenvalue weighted by molar-refractivity contribution is 0.918. The van der Waals surface area contributed by atoms with E-state index in [4.69, 9.17) is 0 Å². The van der Waals surface area contributed by atoms with Crippen molar-refractivity contribution in [2.24, 2.45) is 0 Å². The number of hydrogen-bond donors (Lipinski definition) is 0. The zero-order chi connectivity index (χ0) is 4.28. The van der Waals surface area contributed by atoms with Gasteiger partial charge in [0.1, 0.15) is 0 Å². The molecule has 5 heavy (non-hydrogen) atoms.